The first kappa shape index (κ1) is 12.3. The number of pyridine rings is 1. The molecule has 108 valence electrons. The average molecular weight is 284 g/mol. The van der Waals surface area contributed by atoms with E-state index in [1.54, 1.807) is 6.33 Å². The molecule has 5 heteroatoms. The molecule has 3 rings (SSSR count). The predicted octanol–water partition coefficient (Wildman–Crippen LogP) is 3.34. The first-order chi connectivity index (χ1) is 10.7. The van der Waals surface area contributed by atoms with Crippen LogP contribution in [-0.2, 0) is 11.3 Å². The third-order valence-corrected chi connectivity index (χ3v) is 3.46. The highest BCUT2D eigenvalue weighted by molar-refractivity contribution is 6.09. The zero-order valence-corrected chi connectivity index (χ0v) is 12.0. The highest BCUT2D eigenvalue weighted by Gasteiger charge is 2.14. The third-order valence-electron chi connectivity index (χ3n) is 3.46. The van der Waals surface area contributed by atoms with Crippen molar-refractivity contribution < 1.29 is 6.17 Å². The minimum atomic E-state index is -0.382. The second-order valence-corrected chi connectivity index (χ2v) is 5.01. The van der Waals surface area contributed by atoms with Crippen LogP contribution in [0.25, 0.3) is 21.9 Å². The molecule has 3 aromatic rings. The van der Waals surface area contributed by atoms with E-state index in [-0.39, 0.29) is 12.8 Å². The maximum atomic E-state index is 11.6. The van der Waals surface area contributed by atoms with Gasteiger partial charge in [0.2, 0.25) is 5.91 Å². The Morgan fingerprint density at radius 2 is 2.29 bits per heavy atom. The first-order valence-corrected chi connectivity index (χ1v) is 7.07. The molecule has 0 aliphatic heterocycles. The Hall–Kier alpha value is -2.43. The predicted molar refractivity (Wildman–Crippen MR) is 84.2 cm³/mol. The number of anilines is 1. The SMILES string of the molecule is [3H]CC(=O)Nc1nc2ccccc2c2c1ncn2CCCC. The molecule has 0 radical (unpaired) electrons. The van der Waals surface area contributed by atoms with Gasteiger partial charge in [0, 0.05) is 20.2 Å². The Balaban J connectivity index is 2.22. The number of rotatable bonds is 4. The number of fused-ring (bicyclic) bond motifs is 3. The number of amides is 1. The van der Waals surface area contributed by atoms with Gasteiger partial charge in [-0.1, -0.05) is 31.5 Å². The zero-order valence-electron chi connectivity index (χ0n) is 13.0. The van der Waals surface area contributed by atoms with E-state index in [9.17, 15) is 4.79 Å². The minimum absolute atomic E-state index is 0.327. The van der Waals surface area contributed by atoms with Crippen molar-refractivity contribution >= 4 is 33.7 Å². The van der Waals surface area contributed by atoms with E-state index >= 15 is 0 Å². The van der Waals surface area contributed by atoms with Crippen molar-refractivity contribution in [3.8, 4) is 0 Å². The number of imidazole rings is 1. The monoisotopic (exact) mass is 284 g/mol. The fourth-order valence-corrected chi connectivity index (χ4v) is 2.50. The molecule has 0 bridgehead atoms. The van der Waals surface area contributed by atoms with E-state index < -0.39 is 0 Å². The first-order valence-electron chi connectivity index (χ1n) is 7.78. The molecule has 0 saturated carbocycles. The van der Waals surface area contributed by atoms with Crippen molar-refractivity contribution in [2.75, 3.05) is 5.32 Å². The zero-order chi connectivity index (χ0) is 15.5. The van der Waals surface area contributed by atoms with Crippen LogP contribution < -0.4 is 5.32 Å². The van der Waals surface area contributed by atoms with Crippen LogP contribution in [0.3, 0.4) is 0 Å². The molecule has 0 unspecified atom stereocenters. The van der Waals surface area contributed by atoms with Crippen molar-refractivity contribution in [3.05, 3.63) is 30.6 Å². The van der Waals surface area contributed by atoms with Crippen molar-refractivity contribution in [1.29, 1.82) is 0 Å². The van der Waals surface area contributed by atoms with Gasteiger partial charge >= 0.3 is 0 Å². The maximum absolute atomic E-state index is 11.6. The molecule has 0 atom stereocenters. The van der Waals surface area contributed by atoms with Crippen LogP contribution in [0.1, 0.15) is 28.0 Å². The Kier molecular flexibility index (Phi) is 3.24. The smallest absolute Gasteiger partial charge is 0.222 e. The molecule has 21 heavy (non-hydrogen) atoms. The number of hydrogen-bond acceptors (Lipinski definition) is 3. The van der Waals surface area contributed by atoms with Crippen molar-refractivity contribution in [3.63, 3.8) is 0 Å². The lowest BCUT2D eigenvalue weighted by molar-refractivity contribution is -0.114. The summed E-state index contributed by atoms with van der Waals surface area (Å²) in [5.41, 5.74) is 2.48. The lowest BCUT2D eigenvalue weighted by Gasteiger charge is -2.09. The Labute approximate surface area is 124 Å². The van der Waals surface area contributed by atoms with Crippen molar-refractivity contribution in [2.45, 2.75) is 33.2 Å². The van der Waals surface area contributed by atoms with E-state index in [1.807, 2.05) is 24.3 Å². The Morgan fingerprint density at radius 3 is 3.10 bits per heavy atom. The summed E-state index contributed by atoms with van der Waals surface area (Å²) in [5.74, 6) is 0.0494. The highest BCUT2D eigenvalue weighted by atomic mass is 16.1. The molecular formula is C16H18N4O. The highest BCUT2D eigenvalue weighted by Crippen LogP contribution is 2.28. The summed E-state index contributed by atoms with van der Waals surface area (Å²) >= 11 is 0. The number of aromatic nitrogens is 3. The van der Waals surface area contributed by atoms with E-state index in [0.29, 0.717) is 11.3 Å². The average Bonchev–Trinajstić information content (AvgIpc) is 2.97. The minimum Gasteiger partial charge on any atom is -0.330 e. The van der Waals surface area contributed by atoms with Gasteiger partial charge in [-0.2, -0.15) is 0 Å². The van der Waals surface area contributed by atoms with Gasteiger partial charge in [-0.3, -0.25) is 4.79 Å². The number of benzene rings is 1. The lowest BCUT2D eigenvalue weighted by atomic mass is 10.2. The lowest BCUT2D eigenvalue weighted by Crippen LogP contribution is -2.08. The summed E-state index contributed by atoms with van der Waals surface area (Å²) < 4.78 is 9.27. The van der Waals surface area contributed by atoms with Gasteiger partial charge in [0.15, 0.2) is 5.82 Å². The molecule has 0 fully saturated rings. The number of carbonyl (C=O) groups is 1. The van der Waals surface area contributed by atoms with Crippen molar-refractivity contribution in [1.82, 2.24) is 14.5 Å². The van der Waals surface area contributed by atoms with Crippen LogP contribution in [0, 0.1) is 0 Å². The molecular weight excluding hydrogens is 264 g/mol. The quantitative estimate of drug-likeness (QED) is 0.799. The molecule has 0 saturated heterocycles. The van der Waals surface area contributed by atoms with E-state index in [4.69, 9.17) is 1.37 Å². The summed E-state index contributed by atoms with van der Waals surface area (Å²) in [6.45, 7) is 2.71. The standard InChI is InChI=1S/C16H18N4O/c1-3-4-9-20-10-17-14-15(20)12-7-5-6-8-13(12)19-16(14)18-11(2)21/h5-8,10H,3-4,9H2,1-2H3,(H,18,19,21)/i2T. The second kappa shape index (κ2) is 5.52. The van der Waals surface area contributed by atoms with Gasteiger partial charge in [0.1, 0.15) is 5.52 Å². The molecule has 1 amide bonds. The van der Waals surface area contributed by atoms with Gasteiger partial charge < -0.3 is 9.88 Å². The van der Waals surface area contributed by atoms with Crippen molar-refractivity contribution in [2.24, 2.45) is 0 Å². The molecule has 0 spiro atoms. The van der Waals surface area contributed by atoms with Crippen LogP contribution in [-0.4, -0.2) is 20.4 Å². The largest absolute Gasteiger partial charge is 0.330 e. The van der Waals surface area contributed by atoms with Crippen LogP contribution in [0.2, 0.25) is 0 Å². The van der Waals surface area contributed by atoms with E-state index in [2.05, 4.69) is 26.8 Å². The van der Waals surface area contributed by atoms with Gasteiger partial charge in [0.05, 0.1) is 17.4 Å². The van der Waals surface area contributed by atoms with Gasteiger partial charge in [-0.05, 0) is 12.5 Å². The van der Waals surface area contributed by atoms with Crippen LogP contribution in [0.5, 0.6) is 0 Å². The Morgan fingerprint density at radius 1 is 1.43 bits per heavy atom. The van der Waals surface area contributed by atoms with Crippen LogP contribution in [0.4, 0.5) is 5.82 Å². The number of hydrogen-bond donors (Lipinski definition) is 1. The summed E-state index contributed by atoms with van der Waals surface area (Å²) in [4.78, 5) is 20.5. The number of aryl methyl sites for hydroxylation is 1. The van der Waals surface area contributed by atoms with Gasteiger partial charge in [-0.15, -0.1) is 0 Å². The topological polar surface area (TPSA) is 59.8 Å². The van der Waals surface area contributed by atoms with Gasteiger partial charge in [0.25, 0.3) is 0 Å². The Bertz CT molecular complexity index is 827. The van der Waals surface area contributed by atoms with Crippen LogP contribution in [0.15, 0.2) is 30.6 Å². The number of para-hydroxylation sites is 1. The maximum Gasteiger partial charge on any atom is 0.222 e. The van der Waals surface area contributed by atoms with E-state index in [0.717, 1.165) is 35.8 Å². The van der Waals surface area contributed by atoms with E-state index in [1.165, 1.54) is 0 Å². The fourth-order valence-electron chi connectivity index (χ4n) is 2.50. The van der Waals surface area contributed by atoms with Crippen LogP contribution >= 0.6 is 0 Å². The number of nitrogens with one attached hydrogen (secondary N) is 1. The summed E-state index contributed by atoms with van der Waals surface area (Å²) in [5, 5.41) is 3.71. The molecule has 1 aromatic carbocycles. The second-order valence-electron chi connectivity index (χ2n) is 5.01. The molecule has 1 N–H and O–H groups in total. The molecule has 5 nitrogen and oxygen atoms in total. The fraction of sp³-hybridized carbons (Fsp3) is 0.312. The normalized spacial score (nSPS) is 11.8. The molecule has 0 aliphatic carbocycles. The molecule has 2 heterocycles. The molecule has 2 aromatic heterocycles. The number of unbranched alkanes of at least 4 members (excludes halogenated alkanes) is 1. The number of nitrogens with zero attached hydrogens (tertiary/aromatic N) is 3. The number of carbonyl (C=O) groups excluding carboxylic acids is 1. The summed E-state index contributed by atoms with van der Waals surface area (Å²) in [6.07, 6.45) is 3.96. The summed E-state index contributed by atoms with van der Waals surface area (Å²) in [6, 6.07) is 7.83. The van der Waals surface area contributed by atoms with Gasteiger partial charge in [-0.25, -0.2) is 9.97 Å². The summed E-state index contributed by atoms with van der Waals surface area (Å²) in [7, 11) is 0. The third kappa shape index (κ3) is 2.46. The molecule has 0 aliphatic rings.